The number of halogens is 9. The maximum absolute atomic E-state index is 13.5. The first-order valence-corrected chi connectivity index (χ1v) is 33.3. The minimum absolute atomic E-state index is 0.0248. The highest BCUT2D eigenvalue weighted by Gasteiger charge is 2.34. The fourth-order valence-electron chi connectivity index (χ4n) is 9.36. The predicted octanol–water partition coefficient (Wildman–Crippen LogP) is 16.0. The van der Waals surface area contributed by atoms with E-state index < -0.39 is 95.6 Å². The van der Waals surface area contributed by atoms with Crippen molar-refractivity contribution in [2.75, 3.05) is 38.4 Å². The van der Waals surface area contributed by atoms with Crippen LogP contribution in [0.5, 0.6) is 0 Å². The van der Waals surface area contributed by atoms with E-state index in [0.717, 1.165) is 80.6 Å². The topological polar surface area (TPSA) is 267 Å². The smallest absolute Gasteiger partial charge is 0.383 e. The second kappa shape index (κ2) is 33.3. The lowest BCUT2D eigenvalue weighted by molar-refractivity contribution is -0.138. The molecule has 0 atom stereocenters. The van der Waals surface area contributed by atoms with Crippen LogP contribution in [0.15, 0.2) is 155 Å². The zero-order valence-electron chi connectivity index (χ0n) is 53.3. The molecule has 7 aromatic carbocycles. The van der Waals surface area contributed by atoms with Gasteiger partial charge in [-0.05, 0) is 171 Å². The first kappa shape index (κ1) is 76.2. The number of unbranched alkanes of at least 4 members (excludes halogenated alkanes) is 4. The normalized spacial score (nSPS) is 11.8. The zero-order chi connectivity index (χ0) is 71.6. The molecule has 0 aliphatic carbocycles. The number of amides is 6. The van der Waals surface area contributed by atoms with Crippen LogP contribution in [0.25, 0.3) is 0 Å². The summed E-state index contributed by atoms with van der Waals surface area (Å²) >= 11 is 0. The van der Waals surface area contributed by atoms with Gasteiger partial charge >= 0.3 is 18.5 Å². The number of hydrogen-bond donors (Lipinski definition) is 8. The highest BCUT2D eigenvalue weighted by atomic mass is 32.2. The fraction of sp³-hybridized carbons (Fsp3) is 0.294. The van der Waals surface area contributed by atoms with Gasteiger partial charge in [0.05, 0.1) is 50.8 Å². The van der Waals surface area contributed by atoms with E-state index in [1.165, 1.54) is 98.8 Å². The van der Waals surface area contributed by atoms with Gasteiger partial charge < -0.3 is 31.9 Å². The van der Waals surface area contributed by atoms with Gasteiger partial charge in [-0.1, -0.05) is 77.6 Å². The fourth-order valence-corrected chi connectivity index (χ4v) is 11.7. The van der Waals surface area contributed by atoms with Crippen LogP contribution in [0.1, 0.15) is 155 Å². The van der Waals surface area contributed by atoms with E-state index >= 15 is 0 Å². The lowest BCUT2D eigenvalue weighted by atomic mass is 10.0. The average Bonchev–Trinajstić information content (AvgIpc) is 0.840. The van der Waals surface area contributed by atoms with Crippen LogP contribution in [0.4, 0.5) is 79.3 Å². The number of hydrogen-bond acceptors (Lipinski definition) is 12. The van der Waals surface area contributed by atoms with Crippen molar-refractivity contribution in [3.8, 4) is 0 Å². The van der Waals surface area contributed by atoms with Crippen LogP contribution in [0.2, 0.25) is 0 Å². The average molecular weight is 1400 g/mol. The number of alkyl halides is 9. The third-order valence-corrected chi connectivity index (χ3v) is 17.1. The zero-order valence-corrected chi connectivity index (χ0v) is 54.9. The van der Waals surface area contributed by atoms with Crippen molar-refractivity contribution in [1.82, 2.24) is 9.44 Å². The summed E-state index contributed by atoms with van der Waals surface area (Å²) in [5.74, 6) is -4.44. The Balaban J connectivity index is 0.000000308. The molecule has 0 heterocycles. The molecular weight excluding hydrogens is 1320 g/mol. The largest absolute Gasteiger partial charge is 0.416 e. The Morgan fingerprint density at radius 2 is 0.794 bits per heavy atom. The summed E-state index contributed by atoms with van der Waals surface area (Å²) in [5.41, 5.74) is -2.95. The maximum atomic E-state index is 13.5. The van der Waals surface area contributed by atoms with Crippen molar-refractivity contribution in [1.29, 1.82) is 0 Å². The second-order valence-electron chi connectivity index (χ2n) is 22.8. The number of aryl methyl sites for hydroxylation is 2. The third kappa shape index (κ3) is 22.7. The number of para-hydroxylation sites is 2. The van der Waals surface area contributed by atoms with Gasteiger partial charge in [-0.2, -0.15) is 39.5 Å². The summed E-state index contributed by atoms with van der Waals surface area (Å²) < 4.78 is 176. The summed E-state index contributed by atoms with van der Waals surface area (Å²) in [4.78, 5) is 77.0. The number of anilines is 7. The van der Waals surface area contributed by atoms with Crippen molar-refractivity contribution in [2.24, 2.45) is 5.92 Å². The van der Waals surface area contributed by atoms with Gasteiger partial charge in [0.15, 0.2) is 0 Å². The monoisotopic (exact) mass is 1390 g/mol. The molecule has 0 unspecified atom stereocenters. The van der Waals surface area contributed by atoms with Crippen molar-refractivity contribution >= 4 is 95.3 Å². The Labute approximate surface area is 555 Å². The van der Waals surface area contributed by atoms with Gasteiger partial charge in [-0.3, -0.25) is 28.8 Å². The van der Waals surface area contributed by atoms with Gasteiger partial charge in [-0.15, -0.1) is 0 Å². The molecular formula is C68H71F9N8O10S2. The molecule has 0 saturated carbocycles. The van der Waals surface area contributed by atoms with Crippen LogP contribution in [-0.2, 0) is 48.2 Å². The summed E-state index contributed by atoms with van der Waals surface area (Å²) in [6, 6.07) is 28.5. The lowest BCUT2D eigenvalue weighted by Gasteiger charge is -2.17. The Morgan fingerprint density at radius 1 is 0.412 bits per heavy atom. The third-order valence-electron chi connectivity index (χ3n) is 14.3. The van der Waals surface area contributed by atoms with E-state index in [0.29, 0.717) is 37.1 Å². The summed E-state index contributed by atoms with van der Waals surface area (Å²) in [5, 5.41) is 16.1. The molecule has 0 saturated heterocycles. The molecule has 6 amide bonds. The predicted molar refractivity (Wildman–Crippen MR) is 352 cm³/mol. The first-order chi connectivity index (χ1) is 45.5. The Hall–Kier alpha value is -9.77. The van der Waals surface area contributed by atoms with Crippen LogP contribution in [0.3, 0.4) is 0 Å². The number of benzene rings is 7. The minimum Gasteiger partial charge on any atom is -0.383 e. The number of carbonyl (C=O) groups is 6. The Bertz CT molecular complexity index is 4240. The highest BCUT2D eigenvalue weighted by molar-refractivity contribution is 7.90. The van der Waals surface area contributed by atoms with E-state index in [1.54, 1.807) is 6.07 Å². The van der Waals surface area contributed by atoms with Gasteiger partial charge in [-0.25, -0.2) is 26.3 Å². The van der Waals surface area contributed by atoms with Crippen LogP contribution in [-0.4, -0.2) is 58.8 Å². The SMILES string of the molecule is CCCCCC(=O)NS(=O)(=O)c1ccccc1NC(=O)c1ccc(NCCC(C)C)c(NC(=O)c2cc(C)cc(C(F)(F)F)c2)c1.CCCCCC(=O)NS(=O)(=O)c1ccccc1NC(=O)c1ccc(Nc2ccc(C(F)(F)F)cc2)c(NC(=O)c2cc(C)cc(C(F)(F)F)c2)c1. The summed E-state index contributed by atoms with van der Waals surface area (Å²) in [6.45, 7) is 11.3. The molecule has 97 heavy (non-hydrogen) atoms. The molecule has 8 N–H and O–H groups in total. The van der Waals surface area contributed by atoms with Gasteiger partial charge in [0.25, 0.3) is 43.7 Å². The second-order valence-corrected chi connectivity index (χ2v) is 26.1. The van der Waals surface area contributed by atoms with Crippen LogP contribution < -0.4 is 41.3 Å². The molecule has 29 heteroatoms. The number of rotatable bonds is 26. The van der Waals surface area contributed by atoms with E-state index in [2.05, 4.69) is 31.9 Å². The molecule has 518 valence electrons. The van der Waals surface area contributed by atoms with Crippen molar-refractivity contribution in [3.63, 3.8) is 0 Å². The van der Waals surface area contributed by atoms with E-state index in [1.807, 2.05) is 37.1 Å². The molecule has 7 rings (SSSR count). The van der Waals surface area contributed by atoms with Crippen molar-refractivity contribution in [2.45, 2.75) is 128 Å². The quantitative estimate of drug-likeness (QED) is 0.0186. The van der Waals surface area contributed by atoms with E-state index in [4.69, 9.17) is 0 Å². The van der Waals surface area contributed by atoms with Crippen LogP contribution in [0, 0.1) is 19.8 Å². The molecule has 18 nitrogen and oxygen atoms in total. The molecule has 0 aromatic heterocycles. The Kier molecular flexibility index (Phi) is 26.1. The molecule has 0 aliphatic rings. The first-order valence-electron chi connectivity index (χ1n) is 30.4. The molecule has 0 spiro atoms. The van der Waals surface area contributed by atoms with Gasteiger partial charge in [0.1, 0.15) is 9.79 Å². The summed E-state index contributed by atoms with van der Waals surface area (Å²) in [6.07, 6.45) is -9.03. The number of nitrogens with one attached hydrogen (secondary N) is 8. The molecule has 7 aromatic rings. The van der Waals surface area contributed by atoms with Gasteiger partial charge in [0.2, 0.25) is 11.8 Å². The van der Waals surface area contributed by atoms with E-state index in [9.17, 15) is 85.1 Å². The lowest BCUT2D eigenvalue weighted by Crippen LogP contribution is -2.31. The number of carbonyl (C=O) groups excluding carboxylic acids is 6. The van der Waals surface area contributed by atoms with Crippen LogP contribution >= 0.6 is 0 Å². The molecule has 0 fully saturated rings. The number of sulfonamides is 2. The standard InChI is InChI=1S/C35H32F6N4O5S.C33H39F3N4O5S/c1-3-4-5-10-31(46)45-51(49,50)30-9-7-6-8-28(30)43-32(47)22-11-16-27(42-26-14-12-24(13-15-26)34(36,37)38)29(20-22)44-33(48)23-17-21(2)18-25(19-23)35(39,40)41;1-5-6-7-12-30(41)40-46(44,45)29-11-9-8-10-27(29)38-31(42)23-13-14-26(37-16-15-21(2)3)28(20-23)39-32(43)24-17-22(4)18-25(19-24)33(34,35)36/h6-9,11-20,42H,3-5,10H2,1-2H3,(H,43,47)(H,44,48)(H,45,46);8-11,13-14,17-21,37H,5-7,12,15-16H2,1-4H3,(H,38,42)(H,39,43)(H,40,41). The minimum atomic E-state index is -4.75. The van der Waals surface area contributed by atoms with Crippen molar-refractivity contribution < 1.29 is 85.1 Å². The molecule has 0 radical (unpaired) electrons. The summed E-state index contributed by atoms with van der Waals surface area (Å²) in [7, 11) is -8.73. The maximum Gasteiger partial charge on any atom is 0.416 e. The molecule has 0 bridgehead atoms. The highest BCUT2D eigenvalue weighted by Crippen LogP contribution is 2.36. The van der Waals surface area contributed by atoms with Gasteiger partial charge in [0, 0.05) is 47.3 Å². The Morgan fingerprint density at radius 3 is 1.20 bits per heavy atom. The van der Waals surface area contributed by atoms with E-state index in [-0.39, 0.29) is 85.2 Å². The molecule has 0 aliphatic heterocycles. The van der Waals surface area contributed by atoms with Crippen molar-refractivity contribution in [3.05, 3.63) is 196 Å².